The molecule has 1 aromatic carbocycles. The molecule has 3 N–H and O–H groups in total. The van der Waals surface area contributed by atoms with Crippen LogP contribution in [0, 0.1) is 11.3 Å². The maximum atomic E-state index is 13.4. The van der Waals surface area contributed by atoms with Crippen molar-refractivity contribution in [2.75, 3.05) is 39.3 Å². The van der Waals surface area contributed by atoms with Crippen molar-refractivity contribution in [1.82, 2.24) is 20.0 Å². The lowest BCUT2D eigenvalue weighted by atomic mass is 9.96. The highest BCUT2D eigenvalue weighted by Crippen LogP contribution is 2.26. The number of fused-ring (bicyclic) bond motifs is 1. The predicted octanol–water partition coefficient (Wildman–Crippen LogP) is 0.623. The number of ether oxygens (including phenoxy) is 2. The summed E-state index contributed by atoms with van der Waals surface area (Å²) in [6, 6.07) is 11.1. The largest absolute Gasteiger partial charge is 0.635 e. The smallest absolute Gasteiger partial charge is 0.447 e. The third-order valence-electron chi connectivity index (χ3n) is 7.55. The van der Waals surface area contributed by atoms with Gasteiger partial charge >= 0.3 is 19.5 Å². The van der Waals surface area contributed by atoms with Crippen LogP contribution in [-0.4, -0.2) is 113 Å². The van der Waals surface area contributed by atoms with Crippen molar-refractivity contribution < 1.29 is 38.6 Å². The lowest BCUT2D eigenvalue weighted by molar-refractivity contribution is -0.129. The zero-order valence-electron chi connectivity index (χ0n) is 23.3. The van der Waals surface area contributed by atoms with E-state index in [2.05, 4.69) is 10.2 Å². The molecule has 0 aromatic heterocycles. The van der Waals surface area contributed by atoms with Crippen molar-refractivity contribution in [3.05, 3.63) is 47.5 Å². The minimum atomic E-state index is -2.09. The molecule has 3 fully saturated rings. The fraction of sp³-hybridized carbons (Fsp3) is 0.556. The van der Waals surface area contributed by atoms with Gasteiger partial charge in [-0.05, 0) is 38.3 Å². The molecule has 13 nitrogen and oxygen atoms in total. The van der Waals surface area contributed by atoms with Crippen LogP contribution in [0.2, 0.25) is 0 Å². The minimum Gasteiger partial charge on any atom is -0.447 e. The van der Waals surface area contributed by atoms with E-state index in [1.54, 1.807) is 11.0 Å². The quantitative estimate of drug-likeness (QED) is 0.166. The Morgan fingerprint density at radius 3 is 2.71 bits per heavy atom. The Morgan fingerprint density at radius 1 is 1.24 bits per heavy atom. The zero-order chi connectivity index (χ0) is 29.6. The van der Waals surface area contributed by atoms with Crippen LogP contribution in [0.1, 0.15) is 32.3 Å². The summed E-state index contributed by atoms with van der Waals surface area (Å²) in [6.45, 7) is 6.36. The van der Waals surface area contributed by atoms with E-state index in [4.69, 9.17) is 14.1 Å². The second kappa shape index (κ2) is 13.4. The number of rotatable bonds is 9. The van der Waals surface area contributed by atoms with E-state index in [-0.39, 0.29) is 30.7 Å². The predicted molar refractivity (Wildman–Crippen MR) is 146 cm³/mol. The summed E-state index contributed by atoms with van der Waals surface area (Å²) in [5.74, 6) is -0.444. The molecule has 14 heteroatoms. The van der Waals surface area contributed by atoms with E-state index >= 15 is 0 Å². The van der Waals surface area contributed by atoms with Crippen molar-refractivity contribution in [2.24, 2.45) is 0 Å². The molecule has 0 saturated carbocycles. The van der Waals surface area contributed by atoms with E-state index in [0.29, 0.717) is 45.6 Å². The summed E-state index contributed by atoms with van der Waals surface area (Å²) in [7, 11) is -2.09. The molecule has 0 aliphatic carbocycles. The first kappa shape index (κ1) is 30.3. The fourth-order valence-electron chi connectivity index (χ4n) is 5.41. The molecule has 0 unspecified atom stereocenters. The lowest BCUT2D eigenvalue weighted by Crippen LogP contribution is -2.58. The number of amides is 3. The minimum absolute atomic E-state index is 0.00506. The number of nitrogens with one attached hydrogen (secondary N) is 1. The molecule has 220 valence electrons. The van der Waals surface area contributed by atoms with Crippen molar-refractivity contribution in [3.8, 4) is 6.07 Å². The third-order valence-corrected chi connectivity index (χ3v) is 7.55. The van der Waals surface area contributed by atoms with Crippen LogP contribution in [0.5, 0.6) is 0 Å². The molecule has 1 aromatic rings. The Balaban J connectivity index is 1.34. The van der Waals surface area contributed by atoms with Crippen LogP contribution in [0.3, 0.4) is 0 Å². The number of cyclic esters (lactones) is 1. The molecule has 3 aliphatic heterocycles. The molecule has 3 aliphatic rings. The van der Waals surface area contributed by atoms with Crippen LogP contribution in [-0.2, 0) is 25.3 Å². The zero-order valence-corrected chi connectivity index (χ0v) is 23.3. The van der Waals surface area contributed by atoms with Gasteiger partial charge in [0.05, 0.1) is 12.6 Å². The van der Waals surface area contributed by atoms with E-state index in [1.807, 2.05) is 50.2 Å². The molecular formula is C27H36BN5O8. The second-order valence-electron chi connectivity index (χ2n) is 10.9. The first-order valence-corrected chi connectivity index (χ1v) is 13.7. The van der Waals surface area contributed by atoms with Gasteiger partial charge in [-0.3, -0.25) is 19.9 Å². The van der Waals surface area contributed by atoms with E-state index in [0.717, 1.165) is 5.56 Å². The summed E-state index contributed by atoms with van der Waals surface area (Å²) in [6.07, 6.45) is 0.117. The normalized spacial score (nSPS) is 22.3. The topological polar surface area (TPSA) is 165 Å². The van der Waals surface area contributed by atoms with Crippen LogP contribution < -0.4 is 5.32 Å². The number of piperidine rings is 1. The highest BCUT2D eigenvalue weighted by molar-refractivity contribution is 6.32. The first-order valence-electron chi connectivity index (χ1n) is 13.7. The van der Waals surface area contributed by atoms with Crippen molar-refractivity contribution in [1.29, 1.82) is 5.26 Å². The number of nitriles is 1. The molecule has 3 atom stereocenters. The number of piperazine rings is 1. The average Bonchev–Trinajstić information content (AvgIpc) is 3.31. The van der Waals surface area contributed by atoms with Crippen LogP contribution >= 0.6 is 0 Å². The van der Waals surface area contributed by atoms with Gasteiger partial charge < -0.3 is 29.1 Å². The summed E-state index contributed by atoms with van der Waals surface area (Å²) in [5, 5.41) is 30.9. The second-order valence-corrected chi connectivity index (χ2v) is 10.9. The van der Waals surface area contributed by atoms with Gasteiger partial charge in [0, 0.05) is 38.1 Å². The average molecular weight is 569 g/mol. The number of hydrogen-bond acceptors (Lipinski definition) is 10. The number of benzene rings is 1. The maximum Gasteiger partial charge on any atom is 0.635 e. The molecule has 41 heavy (non-hydrogen) atoms. The first-order chi connectivity index (χ1) is 19.6. The van der Waals surface area contributed by atoms with Gasteiger partial charge in [0.25, 0.3) is 5.91 Å². The van der Waals surface area contributed by atoms with Gasteiger partial charge in [-0.1, -0.05) is 30.3 Å². The fourth-order valence-corrected chi connectivity index (χ4v) is 5.41. The van der Waals surface area contributed by atoms with Gasteiger partial charge in [-0.15, -0.1) is 0 Å². The third kappa shape index (κ3) is 7.98. The Bertz CT molecular complexity index is 1170. The SMILES string of the molecule is CC(C)(C=C(C#N)C(=O)N1CCC[C@H](OC(=O)N[C@@H](Cc2ccccc2)OB(O)O)C1)N1CCN2C(=O)OC[C@@H]2C1. The van der Waals surface area contributed by atoms with Crippen LogP contribution in [0.25, 0.3) is 0 Å². The number of likely N-dealkylation sites (tertiary alicyclic amines) is 1. The molecule has 3 saturated heterocycles. The summed E-state index contributed by atoms with van der Waals surface area (Å²) >= 11 is 0. The maximum absolute atomic E-state index is 13.4. The monoisotopic (exact) mass is 569 g/mol. The van der Waals surface area contributed by atoms with E-state index < -0.39 is 37.2 Å². The number of carbonyl (C=O) groups excluding carboxylic acids is 3. The number of hydrogen-bond donors (Lipinski definition) is 3. The molecule has 0 radical (unpaired) electrons. The van der Waals surface area contributed by atoms with Crippen molar-refractivity contribution >= 4 is 25.4 Å². The van der Waals surface area contributed by atoms with Crippen LogP contribution in [0.15, 0.2) is 42.0 Å². The summed E-state index contributed by atoms with van der Waals surface area (Å²) < 4.78 is 15.7. The Morgan fingerprint density at radius 2 is 2.00 bits per heavy atom. The number of alkyl carbamates (subject to hydrolysis) is 1. The Kier molecular flexibility index (Phi) is 9.88. The molecule has 0 bridgehead atoms. The van der Waals surface area contributed by atoms with E-state index in [9.17, 15) is 29.7 Å². The molecule has 3 amide bonds. The summed E-state index contributed by atoms with van der Waals surface area (Å²) in [4.78, 5) is 43.2. The van der Waals surface area contributed by atoms with E-state index in [1.165, 1.54) is 4.90 Å². The highest BCUT2D eigenvalue weighted by Gasteiger charge is 2.41. The van der Waals surface area contributed by atoms with Crippen LogP contribution in [0.4, 0.5) is 9.59 Å². The molecule has 0 spiro atoms. The van der Waals surface area contributed by atoms with Gasteiger partial charge in [-0.25, -0.2) is 9.59 Å². The van der Waals surface area contributed by atoms with Gasteiger partial charge in [-0.2, -0.15) is 5.26 Å². The summed E-state index contributed by atoms with van der Waals surface area (Å²) in [5.41, 5.74) is 0.169. The van der Waals surface area contributed by atoms with Crippen molar-refractivity contribution in [2.45, 2.75) is 57.0 Å². The Hall–Kier alpha value is -3.64. The number of nitrogens with zero attached hydrogens (tertiary/aromatic N) is 4. The lowest BCUT2D eigenvalue weighted by Gasteiger charge is -2.43. The van der Waals surface area contributed by atoms with Gasteiger partial charge in [0.15, 0.2) is 0 Å². The molecular weight excluding hydrogens is 533 g/mol. The molecule has 3 heterocycles. The van der Waals surface area contributed by atoms with Crippen molar-refractivity contribution in [3.63, 3.8) is 0 Å². The van der Waals surface area contributed by atoms with Gasteiger partial charge in [0.2, 0.25) is 0 Å². The molecule has 4 rings (SSSR count). The highest BCUT2D eigenvalue weighted by atomic mass is 16.6. The standard InChI is InChI=1S/C27H36BN5O8/c1-27(2,32-11-12-33-21(16-32)18-39-26(33)36)14-20(15-29)24(34)31-10-6-9-22(17-31)40-25(35)30-23(41-28(37)38)13-19-7-4-3-5-8-19/h3-5,7-8,14,21-23,37-38H,6,9-13,16-18H2,1-2H3,(H,30,35)/t21-,22-,23+/m0/s1. The Labute approximate surface area is 239 Å². The number of carbonyl (C=O) groups is 3. The van der Waals surface area contributed by atoms with Gasteiger partial charge in [0.1, 0.15) is 30.6 Å².